The lowest BCUT2D eigenvalue weighted by Crippen LogP contribution is -1.87. The monoisotopic (exact) mass is 299 g/mol. The van der Waals surface area contributed by atoms with Crippen molar-refractivity contribution in [3.63, 3.8) is 0 Å². The van der Waals surface area contributed by atoms with Crippen molar-refractivity contribution in [2.45, 2.75) is 17.6 Å². The van der Waals surface area contributed by atoms with Crippen molar-refractivity contribution < 1.29 is 5.11 Å². The third-order valence-corrected chi connectivity index (χ3v) is 4.02. The molecular formula is C13H11Cl2NOS. The number of halogens is 2. The highest BCUT2D eigenvalue weighted by molar-refractivity contribution is 7.98. The number of phenolic OH excluding ortho intramolecular Hbond substituents is 1. The first kappa shape index (κ1) is 13.5. The van der Waals surface area contributed by atoms with Gasteiger partial charge in [0, 0.05) is 28.6 Å². The number of benzene rings is 1. The quantitative estimate of drug-likeness (QED) is 0.834. The van der Waals surface area contributed by atoms with Gasteiger partial charge in [-0.1, -0.05) is 23.2 Å². The van der Waals surface area contributed by atoms with Crippen LogP contribution in [0.25, 0.3) is 0 Å². The van der Waals surface area contributed by atoms with Gasteiger partial charge < -0.3 is 5.11 Å². The van der Waals surface area contributed by atoms with Crippen molar-refractivity contribution in [3.8, 4) is 5.75 Å². The Morgan fingerprint density at radius 2 is 1.83 bits per heavy atom. The summed E-state index contributed by atoms with van der Waals surface area (Å²) in [5.41, 5.74) is 1.88. The lowest BCUT2D eigenvalue weighted by atomic mass is 10.2. The van der Waals surface area contributed by atoms with Crippen molar-refractivity contribution in [3.05, 3.63) is 51.8 Å². The van der Waals surface area contributed by atoms with E-state index in [-0.39, 0.29) is 5.75 Å². The van der Waals surface area contributed by atoms with E-state index in [4.69, 9.17) is 23.2 Å². The minimum absolute atomic E-state index is 0.268. The summed E-state index contributed by atoms with van der Waals surface area (Å²) in [4.78, 5) is 4.90. The second kappa shape index (κ2) is 5.83. The summed E-state index contributed by atoms with van der Waals surface area (Å²) in [5.74, 6) is 0.910. The number of nitrogens with zero attached hydrogens (tertiary/aromatic N) is 1. The molecule has 0 unspecified atom stereocenters. The molecule has 0 aliphatic rings. The van der Waals surface area contributed by atoms with Gasteiger partial charge in [0.05, 0.1) is 10.0 Å². The fourth-order valence-corrected chi connectivity index (χ4v) is 3.30. The van der Waals surface area contributed by atoms with E-state index in [1.165, 1.54) is 0 Å². The number of thioether (sulfide) groups is 1. The molecule has 0 spiro atoms. The van der Waals surface area contributed by atoms with Crippen LogP contribution >= 0.6 is 35.0 Å². The van der Waals surface area contributed by atoms with Gasteiger partial charge in [-0.2, -0.15) is 0 Å². The summed E-state index contributed by atoms with van der Waals surface area (Å²) in [5, 5.41) is 10.6. The molecule has 0 aliphatic heterocycles. The van der Waals surface area contributed by atoms with Crippen LogP contribution in [-0.2, 0) is 5.75 Å². The summed E-state index contributed by atoms with van der Waals surface area (Å²) >= 11 is 13.7. The van der Waals surface area contributed by atoms with Crippen molar-refractivity contribution in [2.75, 3.05) is 0 Å². The van der Waals surface area contributed by atoms with Gasteiger partial charge in [-0.3, -0.25) is 4.98 Å². The third kappa shape index (κ3) is 3.31. The first-order chi connectivity index (χ1) is 8.56. The summed E-state index contributed by atoms with van der Waals surface area (Å²) < 4.78 is 0. The van der Waals surface area contributed by atoms with Crippen molar-refractivity contribution in [1.82, 2.24) is 4.98 Å². The molecule has 0 atom stereocenters. The van der Waals surface area contributed by atoms with Gasteiger partial charge in [-0.15, -0.1) is 11.8 Å². The molecule has 0 saturated carbocycles. The zero-order valence-electron chi connectivity index (χ0n) is 9.65. The van der Waals surface area contributed by atoms with E-state index in [0.717, 1.165) is 16.0 Å². The molecule has 0 saturated heterocycles. The number of phenols is 1. The van der Waals surface area contributed by atoms with E-state index in [1.807, 2.05) is 13.0 Å². The van der Waals surface area contributed by atoms with E-state index < -0.39 is 0 Å². The number of rotatable bonds is 3. The Kier molecular flexibility index (Phi) is 4.38. The maximum atomic E-state index is 9.52. The Bertz CT molecular complexity index is 534. The summed E-state index contributed by atoms with van der Waals surface area (Å²) in [6.07, 6.45) is 3.16. The first-order valence-electron chi connectivity index (χ1n) is 5.27. The summed E-state index contributed by atoms with van der Waals surface area (Å²) in [6.45, 7) is 1.94. The van der Waals surface area contributed by atoms with Gasteiger partial charge in [-0.05, 0) is 30.7 Å². The molecule has 1 heterocycles. The number of aromatic nitrogens is 1. The van der Waals surface area contributed by atoms with Crippen LogP contribution in [0, 0.1) is 6.92 Å². The number of aryl methyl sites for hydroxylation is 1. The standard InChI is InChI=1S/C13H11Cl2NOS/c1-8-2-9(17)4-10(3-8)18-7-11-12(14)5-16-6-13(11)15/h2-6,17H,7H2,1H3. The maximum Gasteiger partial charge on any atom is 0.116 e. The Morgan fingerprint density at radius 3 is 2.44 bits per heavy atom. The Balaban J connectivity index is 2.16. The molecule has 5 heteroatoms. The lowest BCUT2D eigenvalue weighted by Gasteiger charge is -2.07. The SMILES string of the molecule is Cc1cc(O)cc(SCc2c(Cl)cncc2Cl)c1. The second-order valence-corrected chi connectivity index (χ2v) is 5.74. The van der Waals surface area contributed by atoms with E-state index in [1.54, 1.807) is 36.3 Å². The first-order valence-corrected chi connectivity index (χ1v) is 7.02. The Hall–Kier alpha value is -0.900. The number of aromatic hydroxyl groups is 1. The topological polar surface area (TPSA) is 33.1 Å². The average Bonchev–Trinajstić information content (AvgIpc) is 2.27. The van der Waals surface area contributed by atoms with Gasteiger partial charge in [0.1, 0.15) is 5.75 Å². The number of hydrogen-bond donors (Lipinski definition) is 1. The van der Waals surface area contributed by atoms with Crippen LogP contribution in [0.1, 0.15) is 11.1 Å². The zero-order chi connectivity index (χ0) is 13.1. The van der Waals surface area contributed by atoms with Crippen LogP contribution in [0.15, 0.2) is 35.5 Å². The van der Waals surface area contributed by atoms with E-state index in [2.05, 4.69) is 4.98 Å². The predicted octanol–water partition coefficient (Wildman–Crippen LogP) is 4.69. The molecule has 1 aromatic carbocycles. The minimum atomic E-state index is 0.268. The molecule has 0 bridgehead atoms. The summed E-state index contributed by atoms with van der Waals surface area (Å²) in [6, 6.07) is 5.45. The van der Waals surface area contributed by atoms with E-state index >= 15 is 0 Å². The van der Waals surface area contributed by atoms with Crippen LogP contribution in [0.2, 0.25) is 10.0 Å². The van der Waals surface area contributed by atoms with E-state index in [9.17, 15) is 5.11 Å². The van der Waals surface area contributed by atoms with Crippen molar-refractivity contribution in [2.24, 2.45) is 0 Å². The minimum Gasteiger partial charge on any atom is -0.508 e. The molecule has 0 aliphatic carbocycles. The molecular weight excluding hydrogens is 289 g/mol. The highest BCUT2D eigenvalue weighted by Gasteiger charge is 2.07. The molecule has 0 radical (unpaired) electrons. The number of hydrogen-bond acceptors (Lipinski definition) is 3. The van der Waals surface area contributed by atoms with Crippen LogP contribution in [0.3, 0.4) is 0 Å². The molecule has 2 rings (SSSR count). The molecule has 2 aromatic rings. The molecule has 1 aromatic heterocycles. The van der Waals surface area contributed by atoms with Crippen LogP contribution in [-0.4, -0.2) is 10.1 Å². The smallest absolute Gasteiger partial charge is 0.116 e. The van der Waals surface area contributed by atoms with Gasteiger partial charge >= 0.3 is 0 Å². The normalized spacial score (nSPS) is 10.6. The van der Waals surface area contributed by atoms with Crippen molar-refractivity contribution >= 4 is 35.0 Å². The summed E-state index contributed by atoms with van der Waals surface area (Å²) in [7, 11) is 0. The van der Waals surface area contributed by atoms with Gasteiger partial charge in [0.2, 0.25) is 0 Å². The molecule has 2 nitrogen and oxygen atoms in total. The highest BCUT2D eigenvalue weighted by Crippen LogP contribution is 2.32. The van der Waals surface area contributed by atoms with Gasteiger partial charge in [0.15, 0.2) is 0 Å². The molecule has 94 valence electrons. The zero-order valence-corrected chi connectivity index (χ0v) is 12.0. The van der Waals surface area contributed by atoms with Crippen LogP contribution < -0.4 is 0 Å². The van der Waals surface area contributed by atoms with Crippen molar-refractivity contribution in [1.29, 1.82) is 0 Å². The fourth-order valence-electron chi connectivity index (χ4n) is 1.54. The lowest BCUT2D eigenvalue weighted by molar-refractivity contribution is 0.473. The highest BCUT2D eigenvalue weighted by atomic mass is 35.5. The number of pyridine rings is 1. The molecule has 18 heavy (non-hydrogen) atoms. The molecule has 0 fully saturated rings. The van der Waals surface area contributed by atoms with E-state index in [0.29, 0.717) is 15.8 Å². The fraction of sp³-hybridized carbons (Fsp3) is 0.154. The third-order valence-electron chi connectivity index (χ3n) is 2.37. The molecule has 0 amide bonds. The Labute approximate surface area is 120 Å². The molecule has 1 N–H and O–H groups in total. The van der Waals surface area contributed by atoms with Crippen LogP contribution in [0.4, 0.5) is 0 Å². The average molecular weight is 300 g/mol. The van der Waals surface area contributed by atoms with Gasteiger partial charge in [0.25, 0.3) is 0 Å². The second-order valence-electron chi connectivity index (χ2n) is 3.87. The Morgan fingerprint density at radius 1 is 1.17 bits per heavy atom. The maximum absolute atomic E-state index is 9.52. The van der Waals surface area contributed by atoms with Crippen LogP contribution in [0.5, 0.6) is 5.75 Å². The van der Waals surface area contributed by atoms with Gasteiger partial charge in [-0.25, -0.2) is 0 Å². The predicted molar refractivity (Wildman–Crippen MR) is 76.7 cm³/mol. The largest absolute Gasteiger partial charge is 0.508 e.